The number of nitriles is 2. The lowest BCUT2D eigenvalue weighted by Crippen LogP contribution is -2.20. The number of pyridine rings is 1. The summed E-state index contributed by atoms with van der Waals surface area (Å²) in [6.45, 7) is 2.47. The van der Waals surface area contributed by atoms with E-state index in [0.29, 0.717) is 28.4 Å². The summed E-state index contributed by atoms with van der Waals surface area (Å²) in [5, 5.41) is 24.4. The summed E-state index contributed by atoms with van der Waals surface area (Å²) in [7, 11) is 0. The smallest absolute Gasteiger partial charge is 0.289 e. The van der Waals surface area contributed by atoms with Crippen LogP contribution in [0.5, 0.6) is 5.75 Å². The van der Waals surface area contributed by atoms with E-state index in [1.807, 2.05) is 24.4 Å². The first-order valence-corrected chi connectivity index (χ1v) is 10.8. The Morgan fingerprint density at radius 1 is 1.23 bits per heavy atom. The molecule has 0 bridgehead atoms. The molecule has 0 unspecified atom stereocenters. The molecule has 0 saturated heterocycles. The number of aromatic amines is 1. The number of nitrogen functional groups attached to an aromatic ring is 1. The lowest BCUT2D eigenvalue weighted by Gasteiger charge is -2.09. The van der Waals surface area contributed by atoms with Gasteiger partial charge in [0, 0.05) is 16.1 Å². The fraction of sp³-hybridized carbons (Fsp3) is 0.143. The van der Waals surface area contributed by atoms with Gasteiger partial charge in [0.2, 0.25) is 5.91 Å². The van der Waals surface area contributed by atoms with Crippen molar-refractivity contribution in [3.05, 3.63) is 52.9 Å². The number of nitrogens with two attached hydrogens (primary N) is 1. The normalized spacial score (nSPS) is 10.1. The number of nitrogens with zero attached hydrogens (tertiary/aromatic N) is 2. The molecule has 3 aromatic rings. The molecule has 0 aliphatic heterocycles. The van der Waals surface area contributed by atoms with Crippen LogP contribution in [0.3, 0.4) is 0 Å². The highest BCUT2D eigenvalue weighted by Gasteiger charge is 2.24. The van der Waals surface area contributed by atoms with Crippen LogP contribution in [0.1, 0.15) is 18.1 Å². The monoisotopic (exact) mass is 436 g/mol. The quantitative estimate of drug-likeness (QED) is 0.544. The van der Waals surface area contributed by atoms with Crippen molar-refractivity contribution in [3.8, 4) is 28.3 Å². The highest BCUT2D eigenvalue weighted by molar-refractivity contribution is 7.99. The minimum Gasteiger partial charge on any atom is -0.494 e. The van der Waals surface area contributed by atoms with Crippen LogP contribution in [-0.4, -0.2) is 18.3 Å². The average Bonchev–Trinajstić information content (AvgIpc) is 3.28. The van der Waals surface area contributed by atoms with E-state index in [9.17, 15) is 15.3 Å². The van der Waals surface area contributed by atoms with Gasteiger partial charge >= 0.3 is 0 Å². The number of hydrogen-bond donors (Lipinski definition) is 2. The highest BCUT2D eigenvalue weighted by Crippen LogP contribution is 2.35. The van der Waals surface area contributed by atoms with Gasteiger partial charge in [0.1, 0.15) is 23.5 Å². The largest absolute Gasteiger partial charge is 0.494 e. The van der Waals surface area contributed by atoms with Crippen molar-refractivity contribution in [2.24, 2.45) is 0 Å². The summed E-state index contributed by atoms with van der Waals surface area (Å²) in [4.78, 5) is 16.0. The van der Waals surface area contributed by atoms with Gasteiger partial charge in [-0.2, -0.15) is 10.5 Å². The molecule has 2 aromatic heterocycles. The Bertz CT molecular complexity index is 1130. The van der Waals surface area contributed by atoms with Gasteiger partial charge in [0.05, 0.1) is 12.4 Å². The molecular weight excluding hydrogens is 418 g/mol. The second-order valence-corrected chi connectivity index (χ2v) is 7.92. The van der Waals surface area contributed by atoms with Gasteiger partial charge in [-0.15, -0.1) is 11.3 Å². The highest BCUT2D eigenvalue weighted by atomic mass is 32.2. The van der Waals surface area contributed by atoms with Crippen molar-refractivity contribution < 1.29 is 14.5 Å². The van der Waals surface area contributed by atoms with E-state index in [1.165, 1.54) is 11.3 Å². The summed E-state index contributed by atoms with van der Waals surface area (Å²) < 4.78 is 5.38. The first-order chi connectivity index (χ1) is 14.6. The number of aromatic nitrogens is 1. The Morgan fingerprint density at radius 3 is 2.57 bits per heavy atom. The first kappa shape index (κ1) is 21.2. The summed E-state index contributed by atoms with van der Waals surface area (Å²) in [5.74, 6) is 0.719. The van der Waals surface area contributed by atoms with E-state index in [4.69, 9.17) is 10.5 Å². The molecule has 150 valence electrons. The number of benzene rings is 1. The number of amides is 1. The maximum absolute atomic E-state index is 12.4. The Kier molecular flexibility index (Phi) is 6.91. The number of carbonyl (C=O) groups excluding carboxylic acids is 1. The Morgan fingerprint density at radius 2 is 1.97 bits per heavy atom. The van der Waals surface area contributed by atoms with Crippen LogP contribution in [-0.2, 0) is 4.79 Å². The molecule has 0 saturated carbocycles. The standard InChI is InChI=1S/C21H17N5O2S2/c1-2-28-14-7-5-13(6-8-14)25-18(27)12-30-21-16(11-23)19(17-4-3-9-29-17)15(10-22)20(24)26-21/h3-9H,2,12H2,1H3,(H2,24,26)(H,25,27)/p+1. The topological polar surface area (TPSA) is 126 Å². The number of nitrogens with one attached hydrogen (secondary N) is 2. The predicted molar refractivity (Wildman–Crippen MR) is 117 cm³/mol. The van der Waals surface area contributed by atoms with Crippen molar-refractivity contribution in [2.45, 2.75) is 11.9 Å². The van der Waals surface area contributed by atoms with Crippen LogP contribution < -0.4 is 20.8 Å². The van der Waals surface area contributed by atoms with E-state index in [1.54, 1.807) is 24.3 Å². The van der Waals surface area contributed by atoms with Gasteiger partial charge in [-0.25, -0.2) is 4.98 Å². The zero-order chi connectivity index (χ0) is 21.5. The van der Waals surface area contributed by atoms with Crippen LogP contribution in [0.4, 0.5) is 11.5 Å². The molecule has 0 atom stereocenters. The number of anilines is 2. The SMILES string of the molecule is CCOc1ccc(NC(=O)CSc2[nH+]c(N)c(C#N)c(-c3cccs3)c2C#N)cc1. The van der Waals surface area contributed by atoms with Gasteiger partial charge in [-0.1, -0.05) is 17.8 Å². The fourth-order valence-electron chi connectivity index (χ4n) is 2.75. The molecule has 7 nitrogen and oxygen atoms in total. The number of ether oxygens (including phenoxy) is 1. The van der Waals surface area contributed by atoms with E-state index in [0.717, 1.165) is 22.4 Å². The van der Waals surface area contributed by atoms with Gasteiger partial charge in [-0.05, 0) is 42.6 Å². The third kappa shape index (κ3) is 4.71. The molecule has 0 spiro atoms. The van der Waals surface area contributed by atoms with Crippen molar-refractivity contribution in [1.82, 2.24) is 0 Å². The van der Waals surface area contributed by atoms with E-state index < -0.39 is 0 Å². The average molecular weight is 437 g/mol. The first-order valence-electron chi connectivity index (χ1n) is 8.95. The van der Waals surface area contributed by atoms with Crippen LogP contribution in [0.15, 0.2) is 46.8 Å². The molecule has 4 N–H and O–H groups in total. The molecule has 1 aromatic carbocycles. The second kappa shape index (κ2) is 9.79. The van der Waals surface area contributed by atoms with Crippen LogP contribution in [0, 0.1) is 22.7 Å². The lowest BCUT2D eigenvalue weighted by molar-refractivity contribution is -0.410. The molecule has 0 aliphatic rings. The molecule has 0 fully saturated rings. The maximum Gasteiger partial charge on any atom is 0.289 e. The lowest BCUT2D eigenvalue weighted by atomic mass is 10.0. The van der Waals surface area contributed by atoms with E-state index in [2.05, 4.69) is 22.4 Å². The fourth-order valence-corrected chi connectivity index (χ4v) is 4.36. The number of rotatable bonds is 7. The molecule has 0 aliphatic carbocycles. The minimum atomic E-state index is -0.234. The van der Waals surface area contributed by atoms with Crippen LogP contribution >= 0.6 is 23.1 Å². The summed E-state index contributed by atoms with van der Waals surface area (Å²) in [6, 6.07) is 15.0. The number of thiophene rings is 1. The molecule has 30 heavy (non-hydrogen) atoms. The molecule has 0 radical (unpaired) electrons. The molecule has 2 heterocycles. The number of hydrogen-bond acceptors (Lipinski definition) is 7. The van der Waals surface area contributed by atoms with Gasteiger partial charge in [-0.3, -0.25) is 10.5 Å². The van der Waals surface area contributed by atoms with Gasteiger partial charge < -0.3 is 10.1 Å². The Hall–Kier alpha value is -3.53. The minimum absolute atomic E-state index is 0.0631. The predicted octanol–water partition coefficient (Wildman–Crippen LogP) is 3.68. The summed E-state index contributed by atoms with van der Waals surface area (Å²) >= 11 is 2.57. The molecule has 3 rings (SSSR count). The second-order valence-electron chi connectivity index (χ2n) is 5.99. The third-order valence-corrected chi connectivity index (χ3v) is 5.92. The van der Waals surface area contributed by atoms with Crippen LogP contribution in [0.2, 0.25) is 0 Å². The summed E-state index contributed by atoms with van der Waals surface area (Å²) in [5.41, 5.74) is 7.67. The zero-order valence-corrected chi connectivity index (χ0v) is 17.7. The Balaban J connectivity index is 1.79. The summed E-state index contributed by atoms with van der Waals surface area (Å²) in [6.07, 6.45) is 0. The van der Waals surface area contributed by atoms with Crippen molar-refractivity contribution >= 4 is 40.5 Å². The van der Waals surface area contributed by atoms with Gasteiger partial charge in [0.15, 0.2) is 10.6 Å². The third-order valence-electron chi connectivity index (χ3n) is 4.03. The maximum atomic E-state index is 12.4. The molecule has 1 amide bonds. The van der Waals surface area contributed by atoms with Crippen LogP contribution in [0.25, 0.3) is 10.4 Å². The Labute approximate surface area is 182 Å². The number of carbonyl (C=O) groups is 1. The van der Waals surface area contributed by atoms with Crippen molar-refractivity contribution in [2.75, 3.05) is 23.4 Å². The van der Waals surface area contributed by atoms with Gasteiger partial charge in [0.25, 0.3) is 5.82 Å². The number of H-pyrrole nitrogens is 1. The van der Waals surface area contributed by atoms with Crippen molar-refractivity contribution in [3.63, 3.8) is 0 Å². The van der Waals surface area contributed by atoms with E-state index >= 15 is 0 Å². The molecule has 9 heteroatoms. The molecular formula is C21H18N5O2S2+. The van der Waals surface area contributed by atoms with E-state index in [-0.39, 0.29) is 23.0 Å². The van der Waals surface area contributed by atoms with Crippen molar-refractivity contribution in [1.29, 1.82) is 10.5 Å². The number of thioether (sulfide) groups is 1. The zero-order valence-electron chi connectivity index (χ0n) is 16.1.